The monoisotopic (exact) mass is 538 g/mol. The largest absolute Gasteiger partial charge is 0.493 e. The number of amides is 1. The van der Waals surface area contributed by atoms with Crippen LogP contribution in [0.5, 0.6) is 11.5 Å². The lowest BCUT2D eigenvalue weighted by Gasteiger charge is -2.12. The van der Waals surface area contributed by atoms with Crippen LogP contribution in [0.25, 0.3) is 6.08 Å². The van der Waals surface area contributed by atoms with Gasteiger partial charge in [-0.25, -0.2) is 9.79 Å². The number of ether oxygens (including phenoxy) is 2. The first-order chi connectivity index (χ1) is 14.4. The second-order valence-electron chi connectivity index (χ2n) is 6.15. The van der Waals surface area contributed by atoms with E-state index in [1.54, 1.807) is 37.3 Å². The smallest absolute Gasteiger partial charge is 0.335 e. The first kappa shape index (κ1) is 22.2. The number of carboxylic acids is 1. The van der Waals surface area contributed by atoms with Crippen molar-refractivity contribution in [2.75, 3.05) is 20.8 Å². The standard InChI is InChI=1S/C21H19IN2O5S/c1-4-24-19(25)17(10-12-8-15(22)18(29-3)16(9-12)28-2)30-21(24)23-14-7-5-6-13(11-14)20(26)27/h5-11H,4H2,1-3H3,(H,26,27)/b17-10+,23-21?. The molecule has 1 heterocycles. The molecule has 1 aliphatic heterocycles. The van der Waals surface area contributed by atoms with E-state index in [9.17, 15) is 14.7 Å². The summed E-state index contributed by atoms with van der Waals surface area (Å²) in [6.45, 7) is 2.31. The molecular weight excluding hydrogens is 519 g/mol. The highest BCUT2D eigenvalue weighted by atomic mass is 127. The Morgan fingerprint density at radius 2 is 2.03 bits per heavy atom. The number of likely N-dealkylation sites (N-methyl/N-ethyl adjacent to an activating group) is 1. The molecule has 0 atom stereocenters. The van der Waals surface area contributed by atoms with Gasteiger partial charge in [0, 0.05) is 6.54 Å². The number of carboxylic acid groups (broad SMARTS) is 1. The van der Waals surface area contributed by atoms with Gasteiger partial charge in [0.1, 0.15) is 0 Å². The summed E-state index contributed by atoms with van der Waals surface area (Å²) in [4.78, 5) is 30.7. The zero-order valence-corrected chi connectivity index (χ0v) is 19.5. The number of hydrogen-bond acceptors (Lipinski definition) is 6. The minimum absolute atomic E-state index is 0.143. The Labute approximate surface area is 191 Å². The Hall–Kier alpha value is -2.53. The van der Waals surface area contributed by atoms with Gasteiger partial charge >= 0.3 is 5.97 Å². The normalized spacial score (nSPS) is 16.4. The second-order valence-corrected chi connectivity index (χ2v) is 8.32. The third kappa shape index (κ3) is 4.62. The minimum atomic E-state index is -1.02. The Morgan fingerprint density at radius 1 is 1.27 bits per heavy atom. The summed E-state index contributed by atoms with van der Waals surface area (Å²) in [6.07, 6.45) is 1.79. The van der Waals surface area contributed by atoms with Crippen molar-refractivity contribution < 1.29 is 24.2 Å². The molecular formula is C21H19IN2O5S. The second kappa shape index (κ2) is 9.52. The van der Waals surface area contributed by atoms with Crippen molar-refractivity contribution in [3.05, 3.63) is 56.0 Å². The summed E-state index contributed by atoms with van der Waals surface area (Å²) >= 11 is 3.41. The molecule has 0 aromatic heterocycles. The molecule has 9 heteroatoms. The van der Waals surface area contributed by atoms with E-state index in [1.165, 1.54) is 23.9 Å². The van der Waals surface area contributed by atoms with E-state index in [1.807, 2.05) is 19.1 Å². The number of carbonyl (C=O) groups excluding carboxylic acids is 1. The van der Waals surface area contributed by atoms with Crippen LogP contribution in [0, 0.1) is 3.57 Å². The lowest BCUT2D eigenvalue weighted by Crippen LogP contribution is -2.28. The SMILES string of the molecule is CCN1C(=O)/C(=C\c2cc(I)c(OC)c(OC)c2)SC1=Nc1cccc(C(=O)O)c1. The molecule has 1 aliphatic rings. The summed E-state index contributed by atoms with van der Waals surface area (Å²) < 4.78 is 11.6. The Bertz CT molecular complexity index is 1070. The zero-order valence-electron chi connectivity index (χ0n) is 16.5. The third-order valence-corrected chi connectivity index (χ3v) is 6.08. The van der Waals surface area contributed by atoms with Crippen molar-refractivity contribution in [1.82, 2.24) is 4.90 Å². The van der Waals surface area contributed by atoms with Gasteiger partial charge in [0.2, 0.25) is 0 Å². The number of amidine groups is 1. The number of carbonyl (C=O) groups is 2. The van der Waals surface area contributed by atoms with Gasteiger partial charge in [-0.05, 0) is 83.2 Å². The molecule has 30 heavy (non-hydrogen) atoms. The van der Waals surface area contributed by atoms with Crippen molar-refractivity contribution >= 4 is 63.2 Å². The summed E-state index contributed by atoms with van der Waals surface area (Å²) in [5.74, 6) is 0.0449. The number of halogens is 1. The highest BCUT2D eigenvalue weighted by Crippen LogP contribution is 2.37. The van der Waals surface area contributed by atoms with E-state index in [2.05, 4.69) is 27.6 Å². The van der Waals surface area contributed by atoms with Crippen LogP contribution in [0.1, 0.15) is 22.8 Å². The molecule has 1 N–H and O–H groups in total. The van der Waals surface area contributed by atoms with Gasteiger partial charge < -0.3 is 14.6 Å². The van der Waals surface area contributed by atoms with E-state index in [4.69, 9.17) is 9.47 Å². The van der Waals surface area contributed by atoms with Crippen LogP contribution >= 0.6 is 34.4 Å². The van der Waals surface area contributed by atoms with Crippen molar-refractivity contribution in [1.29, 1.82) is 0 Å². The van der Waals surface area contributed by atoms with Crippen LogP contribution in [0.15, 0.2) is 46.3 Å². The highest BCUT2D eigenvalue weighted by molar-refractivity contribution is 14.1. The number of aliphatic imine (C=N–C) groups is 1. The summed E-state index contributed by atoms with van der Waals surface area (Å²) in [5.41, 5.74) is 1.42. The lowest BCUT2D eigenvalue weighted by molar-refractivity contribution is -0.122. The van der Waals surface area contributed by atoms with Gasteiger partial charge in [-0.3, -0.25) is 9.69 Å². The first-order valence-corrected chi connectivity index (χ1v) is 10.8. The number of nitrogens with zero attached hydrogens (tertiary/aromatic N) is 2. The summed E-state index contributed by atoms with van der Waals surface area (Å²) in [7, 11) is 3.14. The quantitative estimate of drug-likeness (QED) is 0.427. The topological polar surface area (TPSA) is 88.4 Å². The number of thioether (sulfide) groups is 1. The zero-order chi connectivity index (χ0) is 21.8. The van der Waals surface area contributed by atoms with E-state index in [-0.39, 0.29) is 11.5 Å². The summed E-state index contributed by atoms with van der Waals surface area (Å²) in [6, 6.07) is 10.0. The molecule has 2 aromatic rings. The third-order valence-electron chi connectivity index (χ3n) is 4.28. The van der Waals surface area contributed by atoms with Gasteiger partial charge in [-0.2, -0.15) is 0 Å². The summed E-state index contributed by atoms with van der Waals surface area (Å²) in [5, 5.41) is 9.68. The number of rotatable bonds is 6. The molecule has 1 amide bonds. The van der Waals surface area contributed by atoms with Crippen molar-refractivity contribution in [2.45, 2.75) is 6.92 Å². The minimum Gasteiger partial charge on any atom is -0.493 e. The van der Waals surface area contributed by atoms with Gasteiger partial charge in [0.25, 0.3) is 5.91 Å². The van der Waals surface area contributed by atoms with Crippen molar-refractivity contribution in [3.8, 4) is 11.5 Å². The molecule has 3 rings (SSSR count). The highest BCUT2D eigenvalue weighted by Gasteiger charge is 2.32. The van der Waals surface area contributed by atoms with E-state index < -0.39 is 5.97 Å². The average Bonchev–Trinajstić information content (AvgIpc) is 3.01. The number of benzene rings is 2. The first-order valence-electron chi connectivity index (χ1n) is 8.93. The number of hydrogen-bond donors (Lipinski definition) is 1. The Balaban J connectivity index is 1.97. The van der Waals surface area contributed by atoms with E-state index in [0.717, 1.165) is 9.13 Å². The molecule has 0 bridgehead atoms. The van der Waals surface area contributed by atoms with Crippen LogP contribution in [-0.4, -0.2) is 47.8 Å². The fourth-order valence-corrected chi connectivity index (χ4v) is 4.77. The van der Waals surface area contributed by atoms with Crippen LogP contribution in [0.2, 0.25) is 0 Å². The predicted octanol–water partition coefficient (Wildman–Crippen LogP) is 4.63. The number of aromatic carboxylic acids is 1. The van der Waals surface area contributed by atoms with Gasteiger partial charge in [-0.1, -0.05) is 6.07 Å². The molecule has 1 saturated heterocycles. The molecule has 0 saturated carbocycles. The maximum atomic E-state index is 12.9. The Morgan fingerprint density at radius 3 is 2.67 bits per heavy atom. The van der Waals surface area contributed by atoms with Gasteiger partial charge in [-0.15, -0.1) is 0 Å². The molecule has 0 unspecified atom stereocenters. The molecule has 156 valence electrons. The molecule has 0 radical (unpaired) electrons. The van der Waals surface area contributed by atoms with Gasteiger partial charge in [0.05, 0.1) is 33.9 Å². The lowest BCUT2D eigenvalue weighted by atomic mass is 10.2. The number of methoxy groups -OCH3 is 2. The van der Waals surface area contributed by atoms with Crippen LogP contribution in [-0.2, 0) is 4.79 Å². The predicted molar refractivity (Wildman–Crippen MR) is 126 cm³/mol. The Kier molecular flexibility index (Phi) is 7.03. The average molecular weight is 538 g/mol. The van der Waals surface area contributed by atoms with Gasteiger partial charge in [0.15, 0.2) is 16.7 Å². The van der Waals surface area contributed by atoms with Crippen molar-refractivity contribution in [2.24, 2.45) is 4.99 Å². The van der Waals surface area contributed by atoms with Crippen molar-refractivity contribution in [3.63, 3.8) is 0 Å². The fraction of sp³-hybridized carbons (Fsp3) is 0.190. The molecule has 7 nitrogen and oxygen atoms in total. The molecule has 2 aromatic carbocycles. The van der Waals surface area contributed by atoms with E-state index in [0.29, 0.717) is 33.8 Å². The molecule has 0 aliphatic carbocycles. The fourth-order valence-electron chi connectivity index (χ4n) is 2.86. The maximum Gasteiger partial charge on any atom is 0.335 e. The van der Waals surface area contributed by atoms with Crippen LogP contribution in [0.3, 0.4) is 0 Å². The maximum absolute atomic E-state index is 12.9. The molecule has 0 spiro atoms. The molecule has 1 fully saturated rings. The van der Waals surface area contributed by atoms with E-state index >= 15 is 0 Å². The van der Waals surface area contributed by atoms with Crippen LogP contribution < -0.4 is 9.47 Å². The van der Waals surface area contributed by atoms with Crippen LogP contribution in [0.4, 0.5) is 5.69 Å².